The number of rotatable bonds is 7. The molecule has 2 amide bonds. The van der Waals surface area contributed by atoms with E-state index in [2.05, 4.69) is 11.4 Å². The fourth-order valence-corrected chi connectivity index (χ4v) is 2.40. The van der Waals surface area contributed by atoms with Gasteiger partial charge in [0.25, 0.3) is 0 Å². The van der Waals surface area contributed by atoms with Crippen molar-refractivity contribution in [2.75, 3.05) is 19.6 Å². The summed E-state index contributed by atoms with van der Waals surface area (Å²) in [5, 5.41) is 11.7. The minimum atomic E-state index is -0.976. The van der Waals surface area contributed by atoms with Gasteiger partial charge in [-0.25, -0.2) is 4.79 Å². The summed E-state index contributed by atoms with van der Waals surface area (Å²) < 4.78 is 0. The quantitative estimate of drug-likeness (QED) is 0.705. The van der Waals surface area contributed by atoms with E-state index in [1.807, 2.05) is 13.8 Å². The Morgan fingerprint density at radius 1 is 1.40 bits per heavy atom. The molecule has 20 heavy (non-hydrogen) atoms. The summed E-state index contributed by atoms with van der Waals surface area (Å²) in [6.45, 7) is 4.73. The zero-order chi connectivity index (χ0) is 15.0. The number of carbonyl (C=O) groups is 2. The summed E-state index contributed by atoms with van der Waals surface area (Å²) in [5.41, 5.74) is 1.41. The number of hydrogen-bond acceptors (Lipinski definition) is 2. The number of urea groups is 1. The van der Waals surface area contributed by atoms with E-state index in [1.165, 1.54) is 23.3 Å². The molecule has 1 aliphatic rings. The zero-order valence-electron chi connectivity index (χ0n) is 12.5. The second-order valence-electron chi connectivity index (χ2n) is 5.76. The molecule has 5 heteroatoms. The lowest BCUT2D eigenvalue weighted by molar-refractivity contribution is -0.137. The molecule has 1 aliphatic carbocycles. The first-order chi connectivity index (χ1) is 9.49. The van der Waals surface area contributed by atoms with Crippen LogP contribution in [-0.4, -0.2) is 41.6 Å². The molecule has 0 aromatic carbocycles. The number of aliphatic carboxylic acids is 1. The fourth-order valence-electron chi connectivity index (χ4n) is 2.40. The van der Waals surface area contributed by atoms with Gasteiger partial charge in [0.2, 0.25) is 0 Å². The van der Waals surface area contributed by atoms with Gasteiger partial charge in [0.15, 0.2) is 0 Å². The molecule has 0 radical (unpaired) electrons. The Bertz CT molecular complexity index is 364. The number of amides is 2. The number of carboxylic acid groups (broad SMARTS) is 1. The molecule has 0 bridgehead atoms. The van der Waals surface area contributed by atoms with Crippen molar-refractivity contribution in [1.29, 1.82) is 0 Å². The Balaban J connectivity index is 2.36. The van der Waals surface area contributed by atoms with Gasteiger partial charge in [0.05, 0.1) is 0 Å². The Kier molecular flexibility index (Phi) is 7.12. The summed E-state index contributed by atoms with van der Waals surface area (Å²) >= 11 is 0. The third kappa shape index (κ3) is 6.59. The summed E-state index contributed by atoms with van der Waals surface area (Å²) in [5.74, 6) is -0.725. The van der Waals surface area contributed by atoms with Crippen LogP contribution in [-0.2, 0) is 4.79 Å². The monoisotopic (exact) mass is 282 g/mol. The van der Waals surface area contributed by atoms with Crippen LogP contribution in [0.5, 0.6) is 0 Å². The van der Waals surface area contributed by atoms with Crippen molar-refractivity contribution >= 4 is 12.0 Å². The minimum Gasteiger partial charge on any atom is -0.480 e. The van der Waals surface area contributed by atoms with E-state index in [4.69, 9.17) is 5.11 Å². The van der Waals surface area contributed by atoms with Crippen LogP contribution >= 0.6 is 0 Å². The topological polar surface area (TPSA) is 69.6 Å². The summed E-state index contributed by atoms with van der Waals surface area (Å²) in [7, 11) is 0. The number of carbonyl (C=O) groups excluding carboxylic acids is 1. The highest BCUT2D eigenvalue weighted by molar-refractivity contribution is 5.80. The van der Waals surface area contributed by atoms with Gasteiger partial charge in [-0.3, -0.25) is 4.79 Å². The standard InChI is InChI=1S/C15H26N2O3/c1-12(2)10-17(11-14(18)19)15(20)16-9-8-13-6-4-3-5-7-13/h6,12H,3-5,7-11H2,1-2H3,(H,16,20)(H,18,19). The molecule has 0 atom stereocenters. The molecule has 2 N–H and O–H groups in total. The molecule has 0 spiro atoms. The second kappa shape index (κ2) is 8.61. The van der Waals surface area contributed by atoms with Crippen molar-refractivity contribution in [2.45, 2.75) is 46.0 Å². The normalized spacial score (nSPS) is 14.8. The summed E-state index contributed by atoms with van der Waals surface area (Å²) in [6.07, 6.45) is 7.89. The SMILES string of the molecule is CC(C)CN(CC(=O)O)C(=O)NCCC1=CCCCC1. The van der Waals surface area contributed by atoms with Gasteiger partial charge in [0, 0.05) is 13.1 Å². The maximum Gasteiger partial charge on any atom is 0.323 e. The van der Waals surface area contributed by atoms with Crippen molar-refractivity contribution in [3.63, 3.8) is 0 Å². The predicted molar refractivity (Wildman–Crippen MR) is 78.6 cm³/mol. The highest BCUT2D eigenvalue weighted by atomic mass is 16.4. The van der Waals surface area contributed by atoms with Crippen molar-refractivity contribution in [2.24, 2.45) is 5.92 Å². The van der Waals surface area contributed by atoms with Gasteiger partial charge in [-0.05, 0) is 38.0 Å². The molecule has 0 unspecified atom stereocenters. The number of hydrogen-bond donors (Lipinski definition) is 2. The molecule has 1 rings (SSSR count). The largest absolute Gasteiger partial charge is 0.480 e. The maximum atomic E-state index is 12.0. The van der Waals surface area contributed by atoms with Crippen LogP contribution in [0, 0.1) is 5.92 Å². The first-order valence-corrected chi connectivity index (χ1v) is 7.41. The number of allylic oxidation sites excluding steroid dienone is 1. The molecule has 0 saturated heterocycles. The lowest BCUT2D eigenvalue weighted by Gasteiger charge is -2.23. The fraction of sp³-hybridized carbons (Fsp3) is 0.733. The molecule has 0 heterocycles. The van der Waals surface area contributed by atoms with Gasteiger partial charge in [-0.2, -0.15) is 0 Å². The van der Waals surface area contributed by atoms with E-state index >= 15 is 0 Å². The van der Waals surface area contributed by atoms with Crippen LogP contribution in [0.25, 0.3) is 0 Å². The second-order valence-corrected chi connectivity index (χ2v) is 5.76. The average molecular weight is 282 g/mol. The minimum absolute atomic E-state index is 0.243. The van der Waals surface area contributed by atoms with Crippen molar-refractivity contribution in [1.82, 2.24) is 10.2 Å². The third-order valence-corrected chi connectivity index (χ3v) is 3.31. The Labute approximate surface area is 121 Å². The van der Waals surface area contributed by atoms with Crippen LogP contribution in [0.2, 0.25) is 0 Å². The number of nitrogens with one attached hydrogen (secondary N) is 1. The molecule has 0 saturated carbocycles. The third-order valence-electron chi connectivity index (χ3n) is 3.31. The van der Waals surface area contributed by atoms with E-state index in [-0.39, 0.29) is 18.5 Å². The van der Waals surface area contributed by atoms with Crippen LogP contribution in [0.15, 0.2) is 11.6 Å². The van der Waals surface area contributed by atoms with E-state index in [9.17, 15) is 9.59 Å². The van der Waals surface area contributed by atoms with Crippen molar-refractivity contribution < 1.29 is 14.7 Å². The van der Waals surface area contributed by atoms with Gasteiger partial charge < -0.3 is 15.3 Å². The van der Waals surface area contributed by atoms with Crippen molar-refractivity contribution in [3.05, 3.63) is 11.6 Å². The molecule has 0 fully saturated rings. The summed E-state index contributed by atoms with van der Waals surface area (Å²) in [6, 6.07) is -0.280. The van der Waals surface area contributed by atoms with E-state index in [0.29, 0.717) is 13.1 Å². The van der Waals surface area contributed by atoms with Gasteiger partial charge in [0.1, 0.15) is 6.54 Å². The molecule has 5 nitrogen and oxygen atoms in total. The average Bonchev–Trinajstić information content (AvgIpc) is 2.38. The predicted octanol–water partition coefficient (Wildman–Crippen LogP) is 2.63. The maximum absolute atomic E-state index is 12.0. The summed E-state index contributed by atoms with van der Waals surface area (Å²) in [4.78, 5) is 24.1. The van der Waals surface area contributed by atoms with Gasteiger partial charge in [-0.1, -0.05) is 25.5 Å². The molecule has 0 aliphatic heterocycles. The zero-order valence-corrected chi connectivity index (χ0v) is 12.5. The van der Waals surface area contributed by atoms with Gasteiger partial charge in [-0.15, -0.1) is 0 Å². The van der Waals surface area contributed by atoms with Crippen LogP contribution in [0.4, 0.5) is 4.79 Å². The highest BCUT2D eigenvalue weighted by Gasteiger charge is 2.17. The number of carboxylic acids is 1. The Morgan fingerprint density at radius 3 is 2.70 bits per heavy atom. The lowest BCUT2D eigenvalue weighted by atomic mass is 9.97. The Morgan fingerprint density at radius 2 is 2.15 bits per heavy atom. The Hall–Kier alpha value is -1.52. The van der Waals surface area contributed by atoms with Crippen LogP contribution in [0.3, 0.4) is 0 Å². The molecular weight excluding hydrogens is 256 g/mol. The van der Waals surface area contributed by atoms with E-state index < -0.39 is 5.97 Å². The lowest BCUT2D eigenvalue weighted by Crippen LogP contribution is -2.44. The number of nitrogens with zero attached hydrogens (tertiary/aromatic N) is 1. The van der Waals surface area contributed by atoms with Crippen molar-refractivity contribution in [3.8, 4) is 0 Å². The molecule has 114 valence electrons. The van der Waals surface area contributed by atoms with Gasteiger partial charge >= 0.3 is 12.0 Å². The molecular formula is C15H26N2O3. The molecule has 0 aromatic heterocycles. The van der Waals surface area contributed by atoms with E-state index in [1.54, 1.807) is 0 Å². The first-order valence-electron chi connectivity index (χ1n) is 7.41. The highest BCUT2D eigenvalue weighted by Crippen LogP contribution is 2.19. The van der Waals surface area contributed by atoms with E-state index in [0.717, 1.165) is 19.3 Å². The molecule has 0 aromatic rings. The van der Waals surface area contributed by atoms with Crippen LogP contribution in [0.1, 0.15) is 46.0 Å². The van der Waals surface area contributed by atoms with Crippen LogP contribution < -0.4 is 5.32 Å². The first kappa shape index (κ1) is 16.5. The smallest absolute Gasteiger partial charge is 0.323 e.